The molecule has 1 unspecified atom stereocenters. The van der Waals surface area contributed by atoms with E-state index in [0.717, 1.165) is 22.6 Å². The van der Waals surface area contributed by atoms with Gasteiger partial charge >= 0.3 is 0 Å². The maximum Gasteiger partial charge on any atom is 0.106 e. The summed E-state index contributed by atoms with van der Waals surface area (Å²) < 4.78 is 10.5. The Hall–Kier alpha value is -0.800. The van der Waals surface area contributed by atoms with E-state index in [-0.39, 0.29) is 6.04 Å². The van der Waals surface area contributed by atoms with Gasteiger partial charge in [0, 0.05) is 12.7 Å². The Morgan fingerprint density at radius 2 is 1.92 bits per heavy atom. The number of aryl methyl sites for hydroxylation is 2. The fourth-order valence-corrected chi connectivity index (χ4v) is 1.62. The largest absolute Gasteiger partial charge is 0.466 e. The molecule has 0 aliphatic rings. The molecule has 3 heteroatoms. The predicted molar refractivity (Wildman–Crippen MR) is 51.7 cm³/mol. The highest BCUT2D eigenvalue weighted by molar-refractivity contribution is 5.33. The Morgan fingerprint density at radius 3 is 2.31 bits per heavy atom. The molecule has 0 saturated heterocycles. The molecule has 0 radical (unpaired) electrons. The zero-order chi connectivity index (χ0) is 10.0. The van der Waals surface area contributed by atoms with Gasteiger partial charge in [0.2, 0.25) is 0 Å². The average Bonchev–Trinajstić information content (AvgIpc) is 2.27. The Kier molecular flexibility index (Phi) is 3.12. The van der Waals surface area contributed by atoms with Crippen molar-refractivity contribution >= 4 is 0 Å². The predicted octanol–water partition coefficient (Wildman–Crippen LogP) is 1.85. The van der Waals surface area contributed by atoms with Crippen molar-refractivity contribution in [2.24, 2.45) is 5.73 Å². The van der Waals surface area contributed by atoms with Gasteiger partial charge in [0.05, 0.1) is 12.6 Å². The number of nitrogens with two attached hydrogens (primary N) is 1. The van der Waals surface area contributed by atoms with E-state index in [9.17, 15) is 0 Å². The summed E-state index contributed by atoms with van der Waals surface area (Å²) in [6, 6.07) is -0.0811. The molecule has 1 heterocycles. The van der Waals surface area contributed by atoms with Gasteiger partial charge in [-0.2, -0.15) is 0 Å². The van der Waals surface area contributed by atoms with E-state index in [0.29, 0.717) is 6.61 Å². The van der Waals surface area contributed by atoms with Gasteiger partial charge in [-0.15, -0.1) is 0 Å². The Morgan fingerprint density at radius 1 is 1.31 bits per heavy atom. The molecule has 0 saturated carbocycles. The van der Waals surface area contributed by atoms with Gasteiger partial charge in [0.15, 0.2) is 0 Å². The van der Waals surface area contributed by atoms with E-state index in [4.69, 9.17) is 14.9 Å². The Balaban J connectivity index is 2.98. The summed E-state index contributed by atoms with van der Waals surface area (Å²) >= 11 is 0. The third-order valence-electron chi connectivity index (χ3n) is 2.33. The van der Waals surface area contributed by atoms with Crippen LogP contribution in [0, 0.1) is 20.8 Å². The molecule has 3 nitrogen and oxygen atoms in total. The highest BCUT2D eigenvalue weighted by atomic mass is 16.5. The van der Waals surface area contributed by atoms with E-state index in [1.807, 2.05) is 20.8 Å². The molecule has 1 atom stereocenters. The monoisotopic (exact) mass is 183 g/mol. The number of rotatable bonds is 3. The van der Waals surface area contributed by atoms with E-state index in [1.54, 1.807) is 7.11 Å². The van der Waals surface area contributed by atoms with E-state index in [1.165, 1.54) is 0 Å². The fraction of sp³-hybridized carbons (Fsp3) is 0.600. The summed E-state index contributed by atoms with van der Waals surface area (Å²) in [7, 11) is 1.65. The molecule has 0 amide bonds. The molecule has 13 heavy (non-hydrogen) atoms. The van der Waals surface area contributed by atoms with Crippen molar-refractivity contribution in [3.8, 4) is 0 Å². The number of hydrogen-bond acceptors (Lipinski definition) is 3. The summed E-state index contributed by atoms with van der Waals surface area (Å²) in [5.74, 6) is 1.85. The van der Waals surface area contributed by atoms with Crippen LogP contribution in [0.5, 0.6) is 0 Å². The van der Waals surface area contributed by atoms with Crippen molar-refractivity contribution in [1.82, 2.24) is 0 Å². The van der Waals surface area contributed by atoms with Crippen LogP contribution in [-0.2, 0) is 4.74 Å². The van der Waals surface area contributed by atoms with Crippen molar-refractivity contribution in [1.29, 1.82) is 0 Å². The molecule has 2 N–H and O–H groups in total. The van der Waals surface area contributed by atoms with Gasteiger partial charge in [-0.25, -0.2) is 0 Å². The van der Waals surface area contributed by atoms with Gasteiger partial charge in [0.25, 0.3) is 0 Å². The van der Waals surface area contributed by atoms with Crippen LogP contribution in [0.15, 0.2) is 4.42 Å². The van der Waals surface area contributed by atoms with Gasteiger partial charge in [-0.05, 0) is 26.3 Å². The lowest BCUT2D eigenvalue weighted by Gasteiger charge is -2.10. The molecule has 1 rings (SSSR count). The minimum atomic E-state index is -0.0811. The first kappa shape index (κ1) is 10.3. The summed E-state index contributed by atoms with van der Waals surface area (Å²) in [5, 5.41) is 0. The maximum atomic E-state index is 5.94. The number of methoxy groups -OCH3 is 1. The maximum absolute atomic E-state index is 5.94. The molecule has 0 aromatic carbocycles. The highest BCUT2D eigenvalue weighted by Crippen LogP contribution is 2.25. The topological polar surface area (TPSA) is 48.4 Å². The minimum Gasteiger partial charge on any atom is -0.466 e. The minimum absolute atomic E-state index is 0.0811. The van der Waals surface area contributed by atoms with Crippen LogP contribution in [0.4, 0.5) is 0 Å². The average molecular weight is 183 g/mol. The smallest absolute Gasteiger partial charge is 0.106 e. The van der Waals surface area contributed by atoms with Crippen LogP contribution in [0.1, 0.15) is 28.7 Å². The lowest BCUT2D eigenvalue weighted by atomic mass is 10.0. The summed E-state index contributed by atoms with van der Waals surface area (Å²) in [4.78, 5) is 0. The molecular formula is C10H17NO2. The van der Waals surface area contributed by atoms with Crippen LogP contribution in [0.25, 0.3) is 0 Å². The molecule has 74 valence electrons. The van der Waals surface area contributed by atoms with Gasteiger partial charge in [-0.3, -0.25) is 0 Å². The van der Waals surface area contributed by atoms with E-state index >= 15 is 0 Å². The zero-order valence-corrected chi connectivity index (χ0v) is 8.68. The molecule has 0 bridgehead atoms. The zero-order valence-electron chi connectivity index (χ0n) is 8.68. The third kappa shape index (κ3) is 1.92. The Labute approximate surface area is 78.9 Å². The third-order valence-corrected chi connectivity index (χ3v) is 2.33. The molecule has 1 aromatic rings. The standard InChI is InChI=1S/C10H17NO2/c1-6-7(2)13-8(3)10(6)9(11)5-12-4/h9H,5,11H2,1-4H3. The summed E-state index contributed by atoms with van der Waals surface area (Å²) in [5.41, 5.74) is 8.16. The van der Waals surface area contributed by atoms with Crippen LogP contribution in [0.2, 0.25) is 0 Å². The lowest BCUT2D eigenvalue weighted by Crippen LogP contribution is -2.17. The molecular weight excluding hydrogens is 166 g/mol. The molecule has 0 fully saturated rings. The first-order valence-corrected chi connectivity index (χ1v) is 4.39. The van der Waals surface area contributed by atoms with Crippen molar-refractivity contribution < 1.29 is 9.15 Å². The Bertz CT molecular complexity index is 291. The van der Waals surface area contributed by atoms with E-state index < -0.39 is 0 Å². The lowest BCUT2D eigenvalue weighted by molar-refractivity contribution is 0.180. The second kappa shape index (κ2) is 3.94. The molecule has 1 aromatic heterocycles. The molecule has 0 aliphatic heterocycles. The number of hydrogen-bond donors (Lipinski definition) is 1. The number of furan rings is 1. The van der Waals surface area contributed by atoms with Gasteiger partial charge in [0.1, 0.15) is 11.5 Å². The second-order valence-corrected chi connectivity index (χ2v) is 3.31. The van der Waals surface area contributed by atoms with E-state index in [2.05, 4.69) is 0 Å². The molecule has 0 aliphatic carbocycles. The van der Waals surface area contributed by atoms with Crippen LogP contribution < -0.4 is 5.73 Å². The van der Waals surface area contributed by atoms with Gasteiger partial charge in [-0.1, -0.05) is 0 Å². The summed E-state index contributed by atoms with van der Waals surface area (Å²) in [6.45, 7) is 6.44. The SMILES string of the molecule is COCC(N)c1c(C)oc(C)c1C. The van der Waals surface area contributed by atoms with Crippen LogP contribution in [-0.4, -0.2) is 13.7 Å². The quantitative estimate of drug-likeness (QED) is 0.778. The highest BCUT2D eigenvalue weighted by Gasteiger charge is 2.17. The summed E-state index contributed by atoms with van der Waals surface area (Å²) in [6.07, 6.45) is 0. The van der Waals surface area contributed by atoms with Crippen molar-refractivity contribution in [2.45, 2.75) is 26.8 Å². The van der Waals surface area contributed by atoms with Crippen LogP contribution in [0.3, 0.4) is 0 Å². The van der Waals surface area contributed by atoms with Crippen molar-refractivity contribution in [3.05, 3.63) is 22.6 Å². The van der Waals surface area contributed by atoms with Crippen molar-refractivity contribution in [3.63, 3.8) is 0 Å². The molecule has 0 spiro atoms. The first-order chi connectivity index (χ1) is 6.07. The number of ether oxygens (including phenoxy) is 1. The van der Waals surface area contributed by atoms with Crippen molar-refractivity contribution in [2.75, 3.05) is 13.7 Å². The first-order valence-electron chi connectivity index (χ1n) is 4.39. The van der Waals surface area contributed by atoms with Crippen LogP contribution >= 0.6 is 0 Å². The second-order valence-electron chi connectivity index (χ2n) is 3.31. The normalized spacial score (nSPS) is 13.3. The van der Waals surface area contributed by atoms with Gasteiger partial charge < -0.3 is 14.9 Å². The fourth-order valence-electron chi connectivity index (χ4n) is 1.62.